The highest BCUT2D eigenvalue weighted by molar-refractivity contribution is 7.12. The molecule has 4 aromatic rings. The molecule has 1 amide bonds. The highest BCUT2D eigenvalue weighted by atomic mass is 32.1. The highest BCUT2D eigenvalue weighted by Gasteiger charge is 2.15. The van der Waals surface area contributed by atoms with E-state index in [1.165, 1.54) is 17.5 Å². The lowest BCUT2D eigenvalue weighted by molar-refractivity contribution is 0.101. The first-order chi connectivity index (χ1) is 12.1. The number of hydrogen-bond donors (Lipinski definition) is 1. The second kappa shape index (κ2) is 6.06. The molecule has 0 spiro atoms. The van der Waals surface area contributed by atoms with Crippen LogP contribution in [0.2, 0.25) is 0 Å². The van der Waals surface area contributed by atoms with Crippen molar-refractivity contribution in [2.75, 3.05) is 5.43 Å². The monoisotopic (exact) mass is 350 g/mol. The number of amides is 1. The first kappa shape index (κ1) is 15.4. The number of nitrogens with zero attached hydrogens (tertiary/aromatic N) is 5. The Kier molecular flexibility index (Phi) is 3.73. The molecule has 8 heteroatoms. The number of hydrogen-bond acceptors (Lipinski definition) is 6. The summed E-state index contributed by atoms with van der Waals surface area (Å²) in [5.74, 6) is 0.249. The summed E-state index contributed by atoms with van der Waals surface area (Å²) in [5.41, 5.74) is 5.78. The smallest absolute Gasteiger partial charge is 0.267 e. The van der Waals surface area contributed by atoms with Crippen LogP contribution < -0.4 is 5.43 Å². The largest absolute Gasteiger partial charge is 0.273 e. The number of thiazole rings is 1. The standard InChI is InChI=1S/C17H14N6OS/c1-10-9-23(14-8-18-4-3-12(10)14)22-16(24)13-7-20-15(21-11(13)2)17-19-5-6-25-17/h3-9H,1-2H3,(H,22,24). The highest BCUT2D eigenvalue weighted by Crippen LogP contribution is 2.20. The second-order valence-corrected chi connectivity index (χ2v) is 6.44. The van der Waals surface area contributed by atoms with Crippen molar-refractivity contribution < 1.29 is 4.79 Å². The lowest BCUT2D eigenvalue weighted by Crippen LogP contribution is -2.23. The van der Waals surface area contributed by atoms with Crippen LogP contribution in [0, 0.1) is 13.8 Å². The van der Waals surface area contributed by atoms with Crippen molar-refractivity contribution in [3.63, 3.8) is 0 Å². The van der Waals surface area contributed by atoms with Crippen molar-refractivity contribution in [3.05, 3.63) is 59.3 Å². The number of carbonyl (C=O) groups excluding carboxylic acids is 1. The van der Waals surface area contributed by atoms with E-state index in [9.17, 15) is 4.79 Å². The zero-order valence-electron chi connectivity index (χ0n) is 13.6. The summed E-state index contributed by atoms with van der Waals surface area (Å²) in [6.45, 7) is 3.77. The van der Waals surface area contributed by atoms with E-state index in [0.29, 0.717) is 17.1 Å². The van der Waals surface area contributed by atoms with Crippen molar-refractivity contribution in [3.8, 4) is 10.8 Å². The summed E-state index contributed by atoms with van der Waals surface area (Å²) in [7, 11) is 0. The van der Waals surface area contributed by atoms with E-state index in [1.54, 1.807) is 30.2 Å². The van der Waals surface area contributed by atoms with Gasteiger partial charge in [-0.05, 0) is 25.5 Å². The molecular formula is C17H14N6OS. The van der Waals surface area contributed by atoms with Crippen LogP contribution in [-0.4, -0.2) is 30.5 Å². The molecule has 0 aliphatic rings. The molecule has 0 aliphatic carbocycles. The molecule has 25 heavy (non-hydrogen) atoms. The van der Waals surface area contributed by atoms with Crippen LogP contribution in [0.3, 0.4) is 0 Å². The molecule has 0 radical (unpaired) electrons. The Hall–Kier alpha value is -3.13. The fourth-order valence-electron chi connectivity index (χ4n) is 2.63. The summed E-state index contributed by atoms with van der Waals surface area (Å²) >= 11 is 1.46. The van der Waals surface area contributed by atoms with E-state index in [4.69, 9.17) is 0 Å². The summed E-state index contributed by atoms with van der Waals surface area (Å²) in [5, 5.41) is 3.64. The molecule has 0 saturated carbocycles. The van der Waals surface area contributed by atoms with Crippen molar-refractivity contribution >= 4 is 28.1 Å². The van der Waals surface area contributed by atoms with Gasteiger partial charge in [0.25, 0.3) is 5.91 Å². The first-order valence-corrected chi connectivity index (χ1v) is 8.48. The van der Waals surface area contributed by atoms with Gasteiger partial charge in [-0.3, -0.25) is 19.9 Å². The van der Waals surface area contributed by atoms with Crippen LogP contribution in [0.15, 0.2) is 42.4 Å². The van der Waals surface area contributed by atoms with E-state index in [2.05, 4.69) is 25.4 Å². The predicted octanol–water partition coefficient (Wildman–Crippen LogP) is 2.95. The molecule has 0 atom stereocenters. The zero-order chi connectivity index (χ0) is 17.4. The lowest BCUT2D eigenvalue weighted by atomic mass is 10.2. The number of fused-ring (bicyclic) bond motifs is 1. The van der Waals surface area contributed by atoms with Gasteiger partial charge in [0.2, 0.25) is 0 Å². The van der Waals surface area contributed by atoms with Gasteiger partial charge in [-0.1, -0.05) is 0 Å². The topological polar surface area (TPSA) is 85.6 Å². The minimum absolute atomic E-state index is 0.274. The SMILES string of the molecule is Cc1nc(-c2nccs2)ncc1C(=O)Nn1cc(C)c2ccncc21. The number of pyridine rings is 1. The third-order valence-corrected chi connectivity index (χ3v) is 4.65. The Balaban J connectivity index is 1.65. The van der Waals surface area contributed by atoms with Crippen LogP contribution in [0.25, 0.3) is 21.7 Å². The molecule has 1 N–H and O–H groups in total. The van der Waals surface area contributed by atoms with Crippen LogP contribution in [0.4, 0.5) is 0 Å². The molecule has 0 saturated heterocycles. The molecule has 0 aliphatic heterocycles. The fourth-order valence-corrected chi connectivity index (χ4v) is 3.21. The van der Waals surface area contributed by atoms with Gasteiger partial charge < -0.3 is 0 Å². The third kappa shape index (κ3) is 2.76. The van der Waals surface area contributed by atoms with E-state index >= 15 is 0 Å². The molecule has 0 fully saturated rings. The maximum atomic E-state index is 12.6. The molecule has 7 nitrogen and oxygen atoms in total. The minimum Gasteiger partial charge on any atom is -0.267 e. The maximum Gasteiger partial charge on any atom is 0.273 e. The maximum absolute atomic E-state index is 12.6. The van der Waals surface area contributed by atoms with Gasteiger partial charge in [-0.15, -0.1) is 11.3 Å². The van der Waals surface area contributed by atoms with Gasteiger partial charge in [0.1, 0.15) is 0 Å². The van der Waals surface area contributed by atoms with Gasteiger partial charge in [0.05, 0.1) is 23.0 Å². The van der Waals surface area contributed by atoms with Gasteiger partial charge in [0, 0.05) is 35.6 Å². The normalized spacial score (nSPS) is 11.0. The first-order valence-electron chi connectivity index (χ1n) is 7.60. The molecule has 4 rings (SSSR count). The van der Waals surface area contributed by atoms with Gasteiger partial charge in [-0.2, -0.15) is 0 Å². The van der Waals surface area contributed by atoms with Crippen molar-refractivity contribution in [2.45, 2.75) is 13.8 Å². The zero-order valence-corrected chi connectivity index (χ0v) is 14.4. The number of nitrogens with one attached hydrogen (secondary N) is 1. The molecule has 0 aromatic carbocycles. The summed E-state index contributed by atoms with van der Waals surface area (Å²) < 4.78 is 1.67. The average Bonchev–Trinajstić information content (AvgIpc) is 3.24. The quantitative estimate of drug-likeness (QED) is 0.614. The number of carbonyl (C=O) groups is 1. The Labute approximate surface area is 147 Å². The van der Waals surface area contributed by atoms with E-state index in [0.717, 1.165) is 21.5 Å². The van der Waals surface area contributed by atoms with Crippen LogP contribution in [-0.2, 0) is 0 Å². The van der Waals surface area contributed by atoms with Crippen molar-refractivity contribution in [1.82, 2.24) is 24.6 Å². The molecular weight excluding hydrogens is 336 g/mol. The average molecular weight is 350 g/mol. The lowest BCUT2D eigenvalue weighted by Gasteiger charge is -2.09. The Bertz CT molecular complexity index is 1070. The van der Waals surface area contributed by atoms with Crippen molar-refractivity contribution in [2.24, 2.45) is 0 Å². The van der Waals surface area contributed by atoms with E-state index in [1.807, 2.05) is 24.6 Å². The Morgan fingerprint density at radius 2 is 2.08 bits per heavy atom. The van der Waals surface area contributed by atoms with E-state index < -0.39 is 0 Å². The fraction of sp³-hybridized carbons (Fsp3) is 0.118. The molecule has 0 unspecified atom stereocenters. The van der Waals surface area contributed by atoms with Gasteiger partial charge >= 0.3 is 0 Å². The van der Waals surface area contributed by atoms with Crippen LogP contribution in [0.1, 0.15) is 21.6 Å². The van der Waals surface area contributed by atoms with Crippen LogP contribution in [0.5, 0.6) is 0 Å². The van der Waals surface area contributed by atoms with Crippen LogP contribution >= 0.6 is 11.3 Å². The molecule has 4 heterocycles. The number of aromatic nitrogens is 5. The number of aryl methyl sites for hydroxylation is 2. The molecule has 124 valence electrons. The van der Waals surface area contributed by atoms with E-state index in [-0.39, 0.29) is 5.91 Å². The summed E-state index contributed by atoms with van der Waals surface area (Å²) in [6.07, 6.45) is 8.55. The molecule has 0 bridgehead atoms. The number of rotatable bonds is 3. The third-order valence-electron chi connectivity index (χ3n) is 3.88. The predicted molar refractivity (Wildman–Crippen MR) is 96.0 cm³/mol. The minimum atomic E-state index is -0.274. The Morgan fingerprint density at radius 1 is 1.20 bits per heavy atom. The summed E-state index contributed by atoms with van der Waals surface area (Å²) in [6, 6.07) is 1.92. The molecule has 4 aromatic heterocycles. The van der Waals surface area contributed by atoms with Gasteiger partial charge in [-0.25, -0.2) is 15.0 Å². The summed E-state index contributed by atoms with van der Waals surface area (Å²) in [4.78, 5) is 29.6. The van der Waals surface area contributed by atoms with Gasteiger partial charge in [0.15, 0.2) is 10.8 Å². The Morgan fingerprint density at radius 3 is 2.84 bits per heavy atom. The van der Waals surface area contributed by atoms with Crippen molar-refractivity contribution in [1.29, 1.82) is 0 Å². The second-order valence-electron chi connectivity index (χ2n) is 5.55.